The molecule has 5 unspecified atom stereocenters. The van der Waals surface area contributed by atoms with Crippen LogP contribution in [-0.4, -0.2) is 36.0 Å². The maximum Gasteiger partial charge on any atom is 0.0281 e. The standard InChI is InChI=1S/C36H44N2P2/c1-28-29(2)36(4,27-37(5)39(31-19-11-7-12-20-31)32-21-13-8-14-22-32)30(3)35(28)38(6)40(33-23-15-9-16-24-33)34-25-17-10-18-26-34/h7-26,28-30,35H,27H2,1-6H3. The van der Waals surface area contributed by atoms with E-state index >= 15 is 0 Å². The van der Waals surface area contributed by atoms with Crippen LogP contribution in [0, 0.1) is 23.2 Å². The zero-order valence-electron chi connectivity index (χ0n) is 24.9. The lowest BCUT2D eigenvalue weighted by Crippen LogP contribution is -2.43. The second-order valence-electron chi connectivity index (χ2n) is 11.8. The minimum atomic E-state index is -0.618. The predicted molar refractivity (Wildman–Crippen MR) is 178 cm³/mol. The lowest BCUT2D eigenvalue weighted by molar-refractivity contribution is 0.132. The van der Waals surface area contributed by atoms with Crippen molar-refractivity contribution in [1.29, 1.82) is 0 Å². The van der Waals surface area contributed by atoms with Crippen molar-refractivity contribution < 1.29 is 0 Å². The Hall–Kier alpha value is -2.34. The fourth-order valence-electron chi connectivity index (χ4n) is 7.14. The van der Waals surface area contributed by atoms with E-state index < -0.39 is 16.1 Å². The van der Waals surface area contributed by atoms with Gasteiger partial charge in [-0.2, -0.15) is 0 Å². The summed E-state index contributed by atoms with van der Waals surface area (Å²) in [6.45, 7) is 11.2. The molecule has 1 fully saturated rings. The van der Waals surface area contributed by atoms with Gasteiger partial charge in [-0.1, -0.05) is 149 Å². The first kappa shape index (κ1) is 29.2. The highest BCUT2D eigenvalue weighted by Crippen LogP contribution is 2.57. The van der Waals surface area contributed by atoms with Gasteiger partial charge < -0.3 is 0 Å². The molecule has 0 aromatic heterocycles. The van der Waals surface area contributed by atoms with Crippen molar-refractivity contribution >= 4 is 37.4 Å². The third-order valence-corrected chi connectivity index (χ3v) is 14.5. The van der Waals surface area contributed by atoms with Crippen molar-refractivity contribution in [3.8, 4) is 0 Å². The van der Waals surface area contributed by atoms with Crippen LogP contribution in [0.1, 0.15) is 27.7 Å². The second-order valence-corrected chi connectivity index (χ2v) is 16.4. The van der Waals surface area contributed by atoms with Crippen molar-refractivity contribution in [2.75, 3.05) is 20.6 Å². The fraction of sp³-hybridized carbons (Fsp3) is 0.333. The Balaban J connectivity index is 1.47. The molecule has 2 nitrogen and oxygen atoms in total. The topological polar surface area (TPSA) is 6.48 Å². The first-order valence-electron chi connectivity index (χ1n) is 14.6. The molecule has 40 heavy (non-hydrogen) atoms. The largest absolute Gasteiger partial charge is 0.277 e. The minimum absolute atomic E-state index is 0.186. The van der Waals surface area contributed by atoms with Crippen LogP contribution in [0.2, 0.25) is 0 Å². The maximum atomic E-state index is 2.76. The predicted octanol–water partition coefficient (Wildman–Crippen LogP) is 7.24. The van der Waals surface area contributed by atoms with Crippen LogP contribution in [0.3, 0.4) is 0 Å². The molecule has 208 valence electrons. The summed E-state index contributed by atoms with van der Waals surface area (Å²) in [6, 6.07) is 45.1. The summed E-state index contributed by atoms with van der Waals surface area (Å²) in [5.41, 5.74) is 0.186. The Labute approximate surface area is 245 Å². The van der Waals surface area contributed by atoms with Crippen LogP contribution in [0.5, 0.6) is 0 Å². The molecule has 0 heterocycles. The third kappa shape index (κ3) is 5.70. The molecule has 0 bridgehead atoms. The summed E-state index contributed by atoms with van der Waals surface area (Å²) in [7, 11) is 3.53. The highest BCUT2D eigenvalue weighted by atomic mass is 31.1. The average Bonchev–Trinajstić information content (AvgIpc) is 3.15. The maximum absolute atomic E-state index is 2.76. The SMILES string of the molecule is CC1C(N(C)P(c2ccccc2)c2ccccc2)C(C)C(C)(CN(C)P(c2ccccc2)c2ccccc2)C1C. The second kappa shape index (κ2) is 12.7. The van der Waals surface area contributed by atoms with Crippen LogP contribution >= 0.6 is 16.1 Å². The smallest absolute Gasteiger partial charge is 0.0281 e. The van der Waals surface area contributed by atoms with Gasteiger partial charge in [0.2, 0.25) is 0 Å². The van der Waals surface area contributed by atoms with E-state index in [-0.39, 0.29) is 5.41 Å². The van der Waals surface area contributed by atoms with Gasteiger partial charge in [0.05, 0.1) is 0 Å². The van der Waals surface area contributed by atoms with Crippen molar-refractivity contribution in [3.05, 3.63) is 121 Å². The molecule has 0 spiro atoms. The van der Waals surface area contributed by atoms with Crippen LogP contribution in [0.25, 0.3) is 0 Å². The molecule has 1 aliphatic rings. The normalized spacial score (nSPS) is 24.9. The molecule has 4 heteroatoms. The van der Waals surface area contributed by atoms with E-state index in [2.05, 4.69) is 172 Å². The third-order valence-electron chi connectivity index (χ3n) is 9.58. The van der Waals surface area contributed by atoms with Crippen molar-refractivity contribution in [2.45, 2.75) is 33.7 Å². The zero-order valence-corrected chi connectivity index (χ0v) is 26.6. The van der Waals surface area contributed by atoms with Gasteiger partial charge in [-0.15, -0.1) is 0 Å². The lowest BCUT2D eigenvalue weighted by Gasteiger charge is -2.43. The summed E-state index contributed by atoms with van der Waals surface area (Å²) in [5, 5.41) is 5.71. The molecule has 0 amide bonds. The van der Waals surface area contributed by atoms with Crippen LogP contribution in [-0.2, 0) is 0 Å². The summed E-state index contributed by atoms with van der Waals surface area (Å²) in [6.07, 6.45) is 0. The summed E-state index contributed by atoms with van der Waals surface area (Å²) < 4.78 is 5.44. The highest BCUT2D eigenvalue weighted by molar-refractivity contribution is 7.71. The number of hydrogen-bond donors (Lipinski definition) is 0. The molecule has 4 aromatic carbocycles. The van der Waals surface area contributed by atoms with Gasteiger partial charge in [0.15, 0.2) is 0 Å². The number of nitrogens with zero attached hydrogens (tertiary/aromatic N) is 2. The first-order chi connectivity index (χ1) is 19.3. The Morgan fingerprint density at radius 1 is 0.550 bits per heavy atom. The zero-order chi connectivity index (χ0) is 28.3. The van der Waals surface area contributed by atoms with E-state index in [4.69, 9.17) is 0 Å². The van der Waals surface area contributed by atoms with Crippen LogP contribution in [0.15, 0.2) is 121 Å². The number of benzene rings is 4. The molecule has 0 aliphatic heterocycles. The molecule has 0 radical (unpaired) electrons. The molecular formula is C36H44N2P2. The summed E-state index contributed by atoms with van der Waals surface area (Å²) >= 11 is 0. The van der Waals surface area contributed by atoms with Crippen LogP contribution in [0.4, 0.5) is 0 Å². The molecule has 1 saturated carbocycles. The highest BCUT2D eigenvalue weighted by Gasteiger charge is 2.54. The van der Waals surface area contributed by atoms with Gasteiger partial charge >= 0.3 is 0 Å². The molecule has 5 rings (SSSR count). The van der Waals surface area contributed by atoms with E-state index in [9.17, 15) is 0 Å². The molecule has 4 aromatic rings. The van der Waals surface area contributed by atoms with E-state index in [1.165, 1.54) is 21.2 Å². The van der Waals surface area contributed by atoms with E-state index in [1.54, 1.807) is 0 Å². The monoisotopic (exact) mass is 566 g/mol. The number of rotatable bonds is 9. The Morgan fingerprint density at radius 2 is 0.900 bits per heavy atom. The number of hydrogen-bond acceptors (Lipinski definition) is 2. The molecular weight excluding hydrogens is 522 g/mol. The van der Waals surface area contributed by atoms with E-state index in [0.29, 0.717) is 23.8 Å². The fourth-order valence-corrected chi connectivity index (χ4v) is 12.2. The molecule has 0 N–H and O–H groups in total. The van der Waals surface area contributed by atoms with Gasteiger partial charge in [0.25, 0.3) is 0 Å². The first-order valence-corrected chi connectivity index (χ1v) is 17.2. The molecule has 5 atom stereocenters. The Kier molecular flexibility index (Phi) is 9.24. The van der Waals surface area contributed by atoms with Crippen molar-refractivity contribution in [2.24, 2.45) is 23.2 Å². The van der Waals surface area contributed by atoms with Gasteiger partial charge in [-0.25, -0.2) is 0 Å². The summed E-state index contributed by atoms with van der Waals surface area (Å²) in [5.74, 6) is 1.74. The van der Waals surface area contributed by atoms with Crippen molar-refractivity contribution in [3.63, 3.8) is 0 Å². The van der Waals surface area contributed by atoms with E-state index in [1.807, 2.05) is 0 Å². The van der Waals surface area contributed by atoms with E-state index in [0.717, 1.165) is 6.54 Å². The summed E-state index contributed by atoms with van der Waals surface area (Å²) in [4.78, 5) is 0. The Bertz CT molecular complexity index is 1260. The minimum Gasteiger partial charge on any atom is -0.277 e. The van der Waals surface area contributed by atoms with Gasteiger partial charge in [0.1, 0.15) is 0 Å². The van der Waals surface area contributed by atoms with Gasteiger partial charge in [-0.3, -0.25) is 9.34 Å². The Morgan fingerprint density at radius 3 is 1.27 bits per heavy atom. The van der Waals surface area contributed by atoms with Crippen LogP contribution < -0.4 is 21.2 Å². The molecule has 0 saturated heterocycles. The van der Waals surface area contributed by atoms with Crippen molar-refractivity contribution in [1.82, 2.24) is 9.34 Å². The van der Waals surface area contributed by atoms with Gasteiger partial charge in [-0.05, 0) is 58.5 Å². The lowest BCUT2D eigenvalue weighted by atomic mass is 9.74. The quantitative estimate of drug-likeness (QED) is 0.197. The average molecular weight is 567 g/mol. The van der Waals surface area contributed by atoms with Gasteiger partial charge in [0, 0.05) is 28.7 Å². The molecule has 1 aliphatic carbocycles.